The van der Waals surface area contributed by atoms with E-state index in [9.17, 15) is 8.42 Å². The molecule has 0 spiro atoms. The third kappa shape index (κ3) is 4.01. The van der Waals surface area contributed by atoms with Crippen molar-refractivity contribution in [3.05, 3.63) is 15.9 Å². The Morgan fingerprint density at radius 3 is 2.67 bits per heavy atom. The minimum Gasteiger partial charge on any atom is -0.329 e. The number of nitrogens with one attached hydrogen (secondary N) is 1. The van der Waals surface area contributed by atoms with Gasteiger partial charge in [-0.1, -0.05) is 0 Å². The number of hydrogen-bond donors (Lipinski definition) is 2. The van der Waals surface area contributed by atoms with Crippen LogP contribution in [0, 0.1) is 0 Å². The van der Waals surface area contributed by atoms with Gasteiger partial charge in [-0.2, -0.15) is 0 Å². The fraction of sp³-hybridized carbons (Fsp3) is 0.429. The van der Waals surface area contributed by atoms with Gasteiger partial charge in [-0.25, -0.2) is 13.1 Å². The zero-order chi connectivity index (χ0) is 10.8. The molecule has 0 amide bonds. The van der Waals surface area contributed by atoms with Gasteiger partial charge in [-0.3, -0.25) is 0 Å². The number of rotatable bonds is 4. The molecule has 0 fully saturated rings. The third-order valence-corrected chi connectivity index (χ3v) is 5.80. The molecule has 0 aliphatic rings. The lowest BCUT2D eigenvalue weighted by atomic mass is 10.4. The van der Waals surface area contributed by atoms with Crippen LogP contribution in [0.4, 0.5) is 0 Å². The van der Waals surface area contributed by atoms with Crippen LogP contribution in [0.1, 0.15) is 6.92 Å². The van der Waals surface area contributed by atoms with Gasteiger partial charge < -0.3 is 5.73 Å². The van der Waals surface area contributed by atoms with Crippen LogP contribution in [-0.2, 0) is 10.0 Å². The number of halogens is 2. The van der Waals surface area contributed by atoms with Gasteiger partial charge in [0.1, 0.15) is 4.21 Å². The standard InChI is InChI=1S/C7H11BrN2O2S2.ClH/c1-5(4-9)10-14(11,12)7-6(8)2-3-13-7;/h2-3,5,10H,4,9H2,1H3;1H/t5-;/m0./s1. The molecule has 0 aliphatic carbocycles. The minimum atomic E-state index is -3.42. The molecule has 1 heterocycles. The van der Waals surface area contributed by atoms with Crippen molar-refractivity contribution in [3.63, 3.8) is 0 Å². The topological polar surface area (TPSA) is 72.2 Å². The molecule has 88 valence electrons. The highest BCUT2D eigenvalue weighted by Gasteiger charge is 2.20. The van der Waals surface area contributed by atoms with Gasteiger partial charge in [-0.15, -0.1) is 23.7 Å². The smallest absolute Gasteiger partial charge is 0.251 e. The number of nitrogens with two attached hydrogens (primary N) is 1. The van der Waals surface area contributed by atoms with Crippen molar-refractivity contribution in [1.82, 2.24) is 4.72 Å². The molecule has 15 heavy (non-hydrogen) atoms. The van der Waals surface area contributed by atoms with E-state index in [0.717, 1.165) is 0 Å². The first-order chi connectivity index (χ1) is 6.47. The summed E-state index contributed by atoms with van der Waals surface area (Å²) < 4.78 is 26.7. The summed E-state index contributed by atoms with van der Waals surface area (Å²) in [5.41, 5.74) is 5.34. The minimum absolute atomic E-state index is 0. The summed E-state index contributed by atoms with van der Waals surface area (Å²) in [4.78, 5) is 0. The van der Waals surface area contributed by atoms with E-state index in [4.69, 9.17) is 5.73 Å². The fourth-order valence-electron chi connectivity index (χ4n) is 0.838. The van der Waals surface area contributed by atoms with Crippen LogP contribution in [0.5, 0.6) is 0 Å². The summed E-state index contributed by atoms with van der Waals surface area (Å²) in [6, 6.07) is 1.45. The summed E-state index contributed by atoms with van der Waals surface area (Å²) in [7, 11) is -3.42. The molecule has 1 rings (SSSR count). The van der Waals surface area contributed by atoms with E-state index in [1.54, 1.807) is 18.4 Å². The Morgan fingerprint density at radius 1 is 1.67 bits per heavy atom. The lowest BCUT2D eigenvalue weighted by molar-refractivity contribution is 0.564. The Balaban J connectivity index is 0.00000196. The molecule has 1 aromatic heterocycles. The van der Waals surface area contributed by atoms with Gasteiger partial charge in [0, 0.05) is 17.1 Å². The van der Waals surface area contributed by atoms with E-state index >= 15 is 0 Å². The molecular weight excluding hydrogens is 324 g/mol. The van der Waals surface area contributed by atoms with Crippen molar-refractivity contribution in [3.8, 4) is 0 Å². The third-order valence-electron chi connectivity index (χ3n) is 1.54. The Bertz CT molecular complexity index is 407. The lowest BCUT2D eigenvalue weighted by Gasteiger charge is -2.10. The highest BCUT2D eigenvalue weighted by Crippen LogP contribution is 2.27. The first-order valence-corrected chi connectivity index (χ1v) is 7.08. The van der Waals surface area contributed by atoms with Gasteiger partial charge in [0.2, 0.25) is 0 Å². The molecule has 0 unspecified atom stereocenters. The summed E-state index contributed by atoms with van der Waals surface area (Å²) in [5.74, 6) is 0. The van der Waals surface area contributed by atoms with Gasteiger partial charge >= 0.3 is 0 Å². The average molecular weight is 336 g/mol. The van der Waals surface area contributed by atoms with E-state index in [2.05, 4.69) is 20.7 Å². The van der Waals surface area contributed by atoms with Gasteiger partial charge in [0.25, 0.3) is 10.0 Å². The summed E-state index contributed by atoms with van der Waals surface area (Å²) in [5, 5.41) is 1.71. The van der Waals surface area contributed by atoms with Crippen LogP contribution in [0.15, 0.2) is 20.1 Å². The summed E-state index contributed by atoms with van der Waals surface area (Å²) in [6.07, 6.45) is 0. The van der Waals surface area contributed by atoms with Gasteiger partial charge in [0.15, 0.2) is 0 Å². The first kappa shape index (κ1) is 15.3. The highest BCUT2D eigenvalue weighted by atomic mass is 79.9. The first-order valence-electron chi connectivity index (χ1n) is 3.92. The van der Waals surface area contributed by atoms with Crippen molar-refractivity contribution >= 4 is 49.7 Å². The SMILES string of the molecule is C[C@@H](CN)NS(=O)(=O)c1sccc1Br.Cl. The molecule has 0 saturated carbocycles. The van der Waals surface area contributed by atoms with Crippen LogP contribution in [-0.4, -0.2) is 21.0 Å². The maximum absolute atomic E-state index is 11.7. The monoisotopic (exact) mass is 334 g/mol. The second-order valence-electron chi connectivity index (χ2n) is 2.81. The molecular formula is C7H12BrClN2O2S2. The van der Waals surface area contributed by atoms with E-state index in [1.807, 2.05) is 0 Å². The highest BCUT2D eigenvalue weighted by molar-refractivity contribution is 9.10. The van der Waals surface area contributed by atoms with E-state index in [-0.39, 0.29) is 29.2 Å². The molecule has 0 saturated heterocycles. The molecule has 0 radical (unpaired) electrons. The molecule has 4 nitrogen and oxygen atoms in total. The largest absolute Gasteiger partial charge is 0.329 e. The van der Waals surface area contributed by atoms with Crippen LogP contribution < -0.4 is 10.5 Å². The normalized spacial score (nSPS) is 13.3. The maximum Gasteiger partial charge on any atom is 0.251 e. The quantitative estimate of drug-likeness (QED) is 0.877. The average Bonchev–Trinajstić information content (AvgIpc) is 2.51. The Morgan fingerprint density at radius 2 is 2.27 bits per heavy atom. The molecule has 8 heteroatoms. The van der Waals surface area contributed by atoms with Crippen molar-refractivity contribution in [2.24, 2.45) is 5.73 Å². The number of sulfonamides is 1. The van der Waals surface area contributed by atoms with Crippen molar-refractivity contribution in [2.45, 2.75) is 17.2 Å². The molecule has 0 aliphatic heterocycles. The van der Waals surface area contributed by atoms with Crippen LogP contribution in [0.2, 0.25) is 0 Å². The molecule has 1 aromatic rings. The lowest BCUT2D eigenvalue weighted by Crippen LogP contribution is -2.37. The van der Waals surface area contributed by atoms with E-state index < -0.39 is 10.0 Å². The molecule has 3 N–H and O–H groups in total. The Hall–Kier alpha value is 0.340. The van der Waals surface area contributed by atoms with E-state index in [1.165, 1.54) is 11.3 Å². The molecule has 0 bridgehead atoms. The number of thiophene rings is 1. The van der Waals surface area contributed by atoms with Crippen LogP contribution in [0.25, 0.3) is 0 Å². The summed E-state index contributed by atoms with van der Waals surface area (Å²) >= 11 is 4.34. The predicted octanol–water partition coefficient (Wildman–Crippen LogP) is 1.56. The molecule has 0 aromatic carbocycles. The number of hydrogen-bond acceptors (Lipinski definition) is 4. The predicted molar refractivity (Wildman–Crippen MR) is 68.1 cm³/mol. The fourth-order valence-corrected chi connectivity index (χ4v) is 4.45. The second-order valence-corrected chi connectivity index (χ2v) is 6.49. The van der Waals surface area contributed by atoms with Gasteiger partial charge in [-0.05, 0) is 34.3 Å². The second kappa shape index (κ2) is 6.17. The van der Waals surface area contributed by atoms with E-state index in [0.29, 0.717) is 4.47 Å². The van der Waals surface area contributed by atoms with Crippen molar-refractivity contribution < 1.29 is 8.42 Å². The zero-order valence-electron chi connectivity index (χ0n) is 7.94. The van der Waals surface area contributed by atoms with Crippen LogP contribution >= 0.6 is 39.7 Å². The van der Waals surface area contributed by atoms with Gasteiger partial charge in [0.05, 0.1) is 0 Å². The molecule has 1 atom stereocenters. The summed E-state index contributed by atoms with van der Waals surface area (Å²) in [6.45, 7) is 2.00. The Labute approximate surface area is 108 Å². The van der Waals surface area contributed by atoms with Crippen LogP contribution in [0.3, 0.4) is 0 Å². The van der Waals surface area contributed by atoms with Crippen molar-refractivity contribution in [1.29, 1.82) is 0 Å². The Kier molecular flexibility index (Phi) is 6.31. The zero-order valence-corrected chi connectivity index (χ0v) is 12.0. The maximum atomic E-state index is 11.7. The van der Waals surface area contributed by atoms with Crippen molar-refractivity contribution in [2.75, 3.05) is 6.54 Å².